The number of rotatable bonds is 3. The van der Waals surface area contributed by atoms with Crippen LogP contribution < -0.4 is 10.1 Å². The first kappa shape index (κ1) is 14.0. The zero-order chi connectivity index (χ0) is 14.0. The van der Waals surface area contributed by atoms with E-state index in [1.54, 1.807) is 12.1 Å². The second-order valence-corrected chi connectivity index (χ2v) is 5.64. The minimum Gasteiger partial charge on any atom is -0.504 e. The predicted octanol–water partition coefficient (Wildman–Crippen LogP) is 2.69. The summed E-state index contributed by atoms with van der Waals surface area (Å²) in [4.78, 5) is 11.9. The first-order valence-electron chi connectivity index (χ1n) is 5.46. The van der Waals surface area contributed by atoms with Crippen molar-refractivity contribution < 1.29 is 14.6 Å². The molecule has 0 aliphatic carbocycles. The maximum Gasteiger partial charge on any atom is 0.264 e. The number of thioether (sulfide) groups is 1. The molecule has 0 atom stereocenters. The van der Waals surface area contributed by atoms with E-state index in [1.165, 1.54) is 6.08 Å². The van der Waals surface area contributed by atoms with Crippen LogP contribution in [0.3, 0.4) is 0 Å². The summed E-state index contributed by atoms with van der Waals surface area (Å²) in [6.45, 7) is 2.25. The first-order valence-corrected chi connectivity index (χ1v) is 7.07. The van der Waals surface area contributed by atoms with Crippen molar-refractivity contribution in [1.29, 1.82) is 5.41 Å². The van der Waals surface area contributed by atoms with Gasteiger partial charge in [-0.2, -0.15) is 0 Å². The van der Waals surface area contributed by atoms with Gasteiger partial charge in [0.1, 0.15) is 0 Å². The Morgan fingerprint density at radius 2 is 2.32 bits per heavy atom. The highest BCUT2D eigenvalue weighted by atomic mass is 79.9. The van der Waals surface area contributed by atoms with E-state index in [-0.39, 0.29) is 16.8 Å². The molecular weight excluding hydrogens is 332 g/mol. The van der Waals surface area contributed by atoms with Crippen LogP contribution in [0.15, 0.2) is 21.5 Å². The van der Waals surface area contributed by atoms with Gasteiger partial charge in [0.15, 0.2) is 16.7 Å². The normalized spacial score (nSPS) is 16.8. The Hall–Kier alpha value is -1.47. The number of carbonyl (C=O) groups excluding carboxylic acids is 1. The van der Waals surface area contributed by atoms with Crippen molar-refractivity contribution in [2.24, 2.45) is 0 Å². The first-order chi connectivity index (χ1) is 9.01. The molecule has 1 saturated heterocycles. The molecule has 0 spiro atoms. The van der Waals surface area contributed by atoms with E-state index in [9.17, 15) is 9.90 Å². The molecule has 1 aliphatic heterocycles. The Balaban J connectivity index is 2.42. The van der Waals surface area contributed by atoms with Crippen LogP contribution in [0.4, 0.5) is 0 Å². The highest BCUT2D eigenvalue weighted by Gasteiger charge is 2.23. The molecule has 1 aromatic carbocycles. The summed E-state index contributed by atoms with van der Waals surface area (Å²) in [5, 5.41) is 19.9. The molecule has 0 unspecified atom stereocenters. The van der Waals surface area contributed by atoms with E-state index < -0.39 is 0 Å². The van der Waals surface area contributed by atoms with Gasteiger partial charge in [-0.3, -0.25) is 10.2 Å². The van der Waals surface area contributed by atoms with Crippen molar-refractivity contribution in [2.75, 3.05) is 6.61 Å². The zero-order valence-corrected chi connectivity index (χ0v) is 12.4. The Morgan fingerprint density at radius 1 is 1.58 bits per heavy atom. The lowest BCUT2D eigenvalue weighted by Gasteiger charge is -2.09. The molecule has 1 amide bonds. The number of amides is 1. The van der Waals surface area contributed by atoms with Crippen LogP contribution in [-0.2, 0) is 4.79 Å². The second kappa shape index (κ2) is 5.66. The maximum atomic E-state index is 11.5. The van der Waals surface area contributed by atoms with Gasteiger partial charge in [-0.05, 0) is 36.9 Å². The summed E-state index contributed by atoms with van der Waals surface area (Å²) in [5.41, 5.74) is 0.463. The molecule has 1 heterocycles. The number of phenols is 1. The number of halogens is 1. The third kappa shape index (κ3) is 3.10. The van der Waals surface area contributed by atoms with Gasteiger partial charge in [-0.25, -0.2) is 0 Å². The largest absolute Gasteiger partial charge is 0.504 e. The van der Waals surface area contributed by atoms with Crippen LogP contribution >= 0.6 is 27.7 Å². The molecule has 5 nitrogen and oxygen atoms in total. The zero-order valence-electron chi connectivity index (χ0n) is 9.99. The number of hydrogen-bond donors (Lipinski definition) is 3. The number of carbonyl (C=O) groups is 1. The molecule has 0 radical (unpaired) electrons. The third-order valence-corrected chi connectivity index (χ3v) is 3.61. The van der Waals surface area contributed by atoms with Crippen LogP contribution in [0.5, 0.6) is 11.5 Å². The van der Waals surface area contributed by atoms with Crippen LogP contribution in [0.25, 0.3) is 6.08 Å². The molecule has 19 heavy (non-hydrogen) atoms. The maximum absolute atomic E-state index is 11.5. The number of amidine groups is 1. The summed E-state index contributed by atoms with van der Waals surface area (Å²) >= 11 is 4.34. The molecule has 0 aromatic heterocycles. The van der Waals surface area contributed by atoms with Crippen LogP contribution in [0.1, 0.15) is 12.5 Å². The fourth-order valence-corrected chi connectivity index (χ4v) is 2.70. The summed E-state index contributed by atoms with van der Waals surface area (Å²) in [6, 6.07) is 3.34. The Bertz CT molecular complexity index is 587. The van der Waals surface area contributed by atoms with Crippen molar-refractivity contribution >= 4 is 44.8 Å². The van der Waals surface area contributed by atoms with Gasteiger partial charge >= 0.3 is 0 Å². The summed E-state index contributed by atoms with van der Waals surface area (Å²) < 4.78 is 6.05. The average molecular weight is 343 g/mol. The average Bonchev–Trinajstić information content (AvgIpc) is 2.64. The lowest BCUT2D eigenvalue weighted by atomic mass is 10.1. The van der Waals surface area contributed by atoms with Crippen LogP contribution in [-0.4, -0.2) is 22.8 Å². The predicted molar refractivity (Wildman–Crippen MR) is 78.4 cm³/mol. The quantitative estimate of drug-likeness (QED) is 0.737. The molecule has 0 bridgehead atoms. The molecule has 100 valence electrons. The second-order valence-electron chi connectivity index (χ2n) is 3.67. The van der Waals surface area contributed by atoms with Crippen molar-refractivity contribution in [3.63, 3.8) is 0 Å². The van der Waals surface area contributed by atoms with Gasteiger partial charge in [-0.1, -0.05) is 15.9 Å². The van der Waals surface area contributed by atoms with E-state index >= 15 is 0 Å². The topological polar surface area (TPSA) is 82.4 Å². The summed E-state index contributed by atoms with van der Waals surface area (Å²) in [7, 11) is 0. The highest BCUT2D eigenvalue weighted by molar-refractivity contribution is 9.10. The molecule has 2 rings (SSSR count). The minimum atomic E-state index is -0.340. The van der Waals surface area contributed by atoms with Gasteiger partial charge in [0, 0.05) is 10.0 Å². The van der Waals surface area contributed by atoms with Crippen LogP contribution in [0.2, 0.25) is 0 Å². The number of aromatic hydroxyl groups is 1. The number of nitrogens with one attached hydrogen (secondary N) is 2. The Labute approximate surface area is 122 Å². The third-order valence-electron chi connectivity index (χ3n) is 2.32. The van der Waals surface area contributed by atoms with Crippen molar-refractivity contribution in [3.05, 3.63) is 27.1 Å². The minimum absolute atomic E-state index is 0.0237. The van der Waals surface area contributed by atoms with E-state index in [2.05, 4.69) is 21.2 Å². The van der Waals surface area contributed by atoms with Gasteiger partial charge in [-0.15, -0.1) is 0 Å². The standard InChI is InChI=1S/C12H11BrN2O3S/c1-2-18-8-5-7(13)3-6(10(8)16)4-9-11(17)15-12(14)19-9/h3-5,16H,2H2,1H3,(H2,14,15,17)/b9-4-. The fourth-order valence-electron chi connectivity index (χ4n) is 1.55. The van der Waals surface area contributed by atoms with Gasteiger partial charge < -0.3 is 15.2 Å². The van der Waals surface area contributed by atoms with Crippen LogP contribution in [0, 0.1) is 5.41 Å². The number of benzene rings is 1. The number of hydrogen-bond acceptors (Lipinski definition) is 5. The van der Waals surface area contributed by atoms with Gasteiger partial charge in [0.2, 0.25) is 0 Å². The SMILES string of the molecule is CCOc1cc(Br)cc(/C=C2\SC(=N)NC2=O)c1O. The van der Waals surface area contributed by atoms with Crippen molar-refractivity contribution in [3.8, 4) is 11.5 Å². The van der Waals surface area contributed by atoms with E-state index in [0.717, 1.165) is 16.2 Å². The molecule has 7 heteroatoms. The van der Waals surface area contributed by atoms with Gasteiger partial charge in [0.05, 0.1) is 11.5 Å². The smallest absolute Gasteiger partial charge is 0.264 e. The monoisotopic (exact) mass is 342 g/mol. The van der Waals surface area contributed by atoms with E-state index in [0.29, 0.717) is 22.8 Å². The van der Waals surface area contributed by atoms with Crippen molar-refractivity contribution in [2.45, 2.75) is 6.92 Å². The Kier molecular flexibility index (Phi) is 4.16. The number of phenolic OH excluding ortho intramolecular Hbond substituents is 1. The molecule has 1 aliphatic rings. The lowest BCUT2D eigenvalue weighted by Crippen LogP contribution is -2.18. The summed E-state index contributed by atoms with van der Waals surface area (Å²) in [5.74, 6) is -0.0149. The van der Waals surface area contributed by atoms with Gasteiger partial charge in [0.25, 0.3) is 5.91 Å². The molecule has 0 saturated carbocycles. The molecular formula is C12H11BrN2O3S. The molecule has 3 N–H and O–H groups in total. The Morgan fingerprint density at radius 3 is 2.89 bits per heavy atom. The van der Waals surface area contributed by atoms with Crippen molar-refractivity contribution in [1.82, 2.24) is 5.32 Å². The molecule has 1 aromatic rings. The lowest BCUT2D eigenvalue weighted by molar-refractivity contribution is -0.115. The summed E-state index contributed by atoms with van der Waals surface area (Å²) in [6.07, 6.45) is 1.53. The highest BCUT2D eigenvalue weighted by Crippen LogP contribution is 2.36. The molecule has 1 fully saturated rings. The van der Waals surface area contributed by atoms with E-state index in [1.807, 2.05) is 6.92 Å². The fraction of sp³-hybridized carbons (Fsp3) is 0.167. The number of ether oxygens (including phenoxy) is 1. The van der Waals surface area contributed by atoms with E-state index in [4.69, 9.17) is 10.1 Å².